The van der Waals surface area contributed by atoms with E-state index in [9.17, 15) is 9.59 Å². The zero-order valence-electron chi connectivity index (χ0n) is 20.9. The molecule has 0 aliphatic rings. The Morgan fingerprint density at radius 3 is 1.50 bits per heavy atom. The molecule has 0 spiro atoms. The SMILES string of the molecule is CCCCCCCCCCCC(C)C(=O)OC(C)C(C)OC(=O)C(C)CCN(C)C. The average molecular weight is 428 g/mol. The van der Waals surface area contributed by atoms with E-state index in [1.165, 1.54) is 51.4 Å². The summed E-state index contributed by atoms with van der Waals surface area (Å²) < 4.78 is 11.1. The molecule has 30 heavy (non-hydrogen) atoms. The molecule has 0 bridgehead atoms. The lowest BCUT2D eigenvalue weighted by Crippen LogP contribution is -2.34. The summed E-state index contributed by atoms with van der Waals surface area (Å²) in [5.74, 6) is -0.692. The largest absolute Gasteiger partial charge is 0.459 e. The minimum atomic E-state index is -0.442. The quantitative estimate of drug-likeness (QED) is 0.198. The minimum absolute atomic E-state index is 0.112. The van der Waals surface area contributed by atoms with Crippen molar-refractivity contribution in [1.29, 1.82) is 0 Å². The first-order chi connectivity index (χ1) is 14.2. The highest BCUT2D eigenvalue weighted by molar-refractivity contribution is 5.73. The van der Waals surface area contributed by atoms with Crippen molar-refractivity contribution in [2.24, 2.45) is 11.8 Å². The highest BCUT2D eigenvalue weighted by Crippen LogP contribution is 2.17. The Labute approximate surface area is 186 Å². The molecule has 178 valence electrons. The van der Waals surface area contributed by atoms with Crippen molar-refractivity contribution in [3.8, 4) is 0 Å². The molecular weight excluding hydrogens is 378 g/mol. The van der Waals surface area contributed by atoms with Gasteiger partial charge in [0.2, 0.25) is 0 Å². The molecule has 0 saturated heterocycles. The minimum Gasteiger partial charge on any atom is -0.459 e. The normalized spacial score (nSPS) is 15.5. The first-order valence-corrected chi connectivity index (χ1v) is 12.2. The van der Waals surface area contributed by atoms with Crippen molar-refractivity contribution in [3.05, 3.63) is 0 Å². The Bertz CT molecular complexity index is 452. The van der Waals surface area contributed by atoms with Gasteiger partial charge in [0.15, 0.2) is 0 Å². The van der Waals surface area contributed by atoms with Crippen LogP contribution in [0, 0.1) is 11.8 Å². The molecule has 0 N–H and O–H groups in total. The van der Waals surface area contributed by atoms with Gasteiger partial charge in [-0.1, -0.05) is 78.6 Å². The Morgan fingerprint density at radius 2 is 1.07 bits per heavy atom. The zero-order chi connectivity index (χ0) is 22.9. The fraction of sp³-hybridized carbons (Fsp3) is 0.920. The summed E-state index contributed by atoms with van der Waals surface area (Å²) in [6.45, 7) is 10.5. The molecule has 5 heteroatoms. The van der Waals surface area contributed by atoms with Gasteiger partial charge >= 0.3 is 11.9 Å². The third kappa shape index (κ3) is 14.8. The standard InChI is InChI=1S/C25H49NO4/c1-8-9-10-11-12-13-14-15-16-17-20(2)24(27)29-22(4)23(5)30-25(28)21(3)18-19-26(6)7/h20-23H,8-19H2,1-7H3. The van der Waals surface area contributed by atoms with Crippen LogP contribution >= 0.6 is 0 Å². The summed E-state index contributed by atoms with van der Waals surface area (Å²) in [6, 6.07) is 0. The molecule has 0 aromatic rings. The van der Waals surface area contributed by atoms with Crippen LogP contribution in [0.25, 0.3) is 0 Å². The number of hydrogen-bond acceptors (Lipinski definition) is 5. The van der Waals surface area contributed by atoms with Crippen LogP contribution in [-0.2, 0) is 19.1 Å². The second-order valence-corrected chi connectivity index (χ2v) is 9.30. The second-order valence-electron chi connectivity index (χ2n) is 9.30. The van der Waals surface area contributed by atoms with E-state index in [2.05, 4.69) is 6.92 Å². The second kappa shape index (κ2) is 17.6. The maximum atomic E-state index is 12.4. The van der Waals surface area contributed by atoms with Crippen LogP contribution < -0.4 is 0 Å². The molecule has 0 fully saturated rings. The van der Waals surface area contributed by atoms with E-state index in [1.807, 2.05) is 32.8 Å². The van der Waals surface area contributed by atoms with Gasteiger partial charge in [0, 0.05) is 0 Å². The lowest BCUT2D eigenvalue weighted by Gasteiger charge is -2.24. The number of hydrogen-bond donors (Lipinski definition) is 0. The monoisotopic (exact) mass is 427 g/mol. The number of carbonyl (C=O) groups is 2. The van der Waals surface area contributed by atoms with Gasteiger partial charge in [0.05, 0.1) is 11.8 Å². The smallest absolute Gasteiger partial charge is 0.309 e. The molecule has 0 radical (unpaired) electrons. The van der Waals surface area contributed by atoms with Crippen LogP contribution in [0.2, 0.25) is 0 Å². The number of ether oxygens (including phenoxy) is 2. The van der Waals surface area contributed by atoms with Crippen molar-refractivity contribution in [1.82, 2.24) is 4.90 Å². The first-order valence-electron chi connectivity index (χ1n) is 12.2. The number of carbonyl (C=O) groups excluding carboxylic acids is 2. The van der Waals surface area contributed by atoms with Crippen LogP contribution in [0.15, 0.2) is 0 Å². The van der Waals surface area contributed by atoms with Crippen LogP contribution in [0.4, 0.5) is 0 Å². The number of rotatable bonds is 18. The number of unbranched alkanes of at least 4 members (excludes halogenated alkanes) is 8. The maximum absolute atomic E-state index is 12.4. The van der Waals surface area contributed by atoms with Gasteiger partial charge in [-0.05, 0) is 47.3 Å². The fourth-order valence-electron chi connectivity index (χ4n) is 3.24. The van der Waals surface area contributed by atoms with E-state index in [1.54, 1.807) is 13.8 Å². The maximum Gasteiger partial charge on any atom is 0.309 e. The van der Waals surface area contributed by atoms with E-state index in [0.717, 1.165) is 25.8 Å². The van der Waals surface area contributed by atoms with E-state index < -0.39 is 12.2 Å². The third-order valence-electron chi connectivity index (χ3n) is 5.82. The van der Waals surface area contributed by atoms with Crippen LogP contribution in [-0.4, -0.2) is 49.7 Å². The molecule has 0 saturated carbocycles. The van der Waals surface area contributed by atoms with Gasteiger partial charge in [0.25, 0.3) is 0 Å². The molecule has 0 heterocycles. The van der Waals surface area contributed by atoms with E-state index in [4.69, 9.17) is 9.47 Å². The summed E-state index contributed by atoms with van der Waals surface area (Å²) in [5.41, 5.74) is 0. The Hall–Kier alpha value is -1.10. The molecule has 5 nitrogen and oxygen atoms in total. The van der Waals surface area contributed by atoms with Gasteiger partial charge in [-0.3, -0.25) is 9.59 Å². The average Bonchev–Trinajstić information content (AvgIpc) is 2.70. The predicted octanol–water partition coefficient (Wildman–Crippen LogP) is 5.99. The lowest BCUT2D eigenvalue weighted by molar-refractivity contribution is -0.170. The molecule has 0 aliphatic heterocycles. The molecule has 0 amide bonds. The van der Waals surface area contributed by atoms with Gasteiger partial charge in [-0.15, -0.1) is 0 Å². The van der Waals surface area contributed by atoms with Crippen molar-refractivity contribution in [2.45, 2.75) is 117 Å². The van der Waals surface area contributed by atoms with Crippen LogP contribution in [0.3, 0.4) is 0 Å². The topological polar surface area (TPSA) is 55.8 Å². The molecule has 0 aromatic heterocycles. The first kappa shape index (κ1) is 28.9. The highest BCUT2D eigenvalue weighted by Gasteiger charge is 2.25. The van der Waals surface area contributed by atoms with Gasteiger partial charge in [-0.2, -0.15) is 0 Å². The van der Waals surface area contributed by atoms with Crippen molar-refractivity contribution >= 4 is 11.9 Å². The predicted molar refractivity (Wildman–Crippen MR) is 124 cm³/mol. The summed E-state index contributed by atoms with van der Waals surface area (Å²) >= 11 is 0. The molecule has 0 aromatic carbocycles. The van der Waals surface area contributed by atoms with Gasteiger partial charge in [0.1, 0.15) is 12.2 Å². The van der Waals surface area contributed by atoms with Gasteiger partial charge in [-0.25, -0.2) is 0 Å². The van der Waals surface area contributed by atoms with Crippen LogP contribution in [0.1, 0.15) is 105 Å². The van der Waals surface area contributed by atoms with E-state index in [0.29, 0.717) is 0 Å². The lowest BCUT2D eigenvalue weighted by atomic mass is 10.0. The fourth-order valence-corrected chi connectivity index (χ4v) is 3.24. The summed E-state index contributed by atoms with van der Waals surface area (Å²) in [6.07, 6.45) is 12.2. The zero-order valence-corrected chi connectivity index (χ0v) is 20.9. The number of nitrogens with zero attached hydrogens (tertiary/aromatic N) is 1. The van der Waals surface area contributed by atoms with Crippen molar-refractivity contribution in [3.63, 3.8) is 0 Å². The summed E-state index contributed by atoms with van der Waals surface area (Å²) in [7, 11) is 3.97. The van der Waals surface area contributed by atoms with Crippen molar-refractivity contribution in [2.75, 3.05) is 20.6 Å². The van der Waals surface area contributed by atoms with Crippen LogP contribution in [0.5, 0.6) is 0 Å². The Balaban J connectivity index is 3.99. The highest BCUT2D eigenvalue weighted by atomic mass is 16.6. The Kier molecular flexibility index (Phi) is 16.9. The van der Waals surface area contributed by atoms with E-state index >= 15 is 0 Å². The van der Waals surface area contributed by atoms with E-state index in [-0.39, 0.29) is 23.8 Å². The molecule has 4 atom stereocenters. The third-order valence-corrected chi connectivity index (χ3v) is 5.82. The van der Waals surface area contributed by atoms with Gasteiger partial charge < -0.3 is 14.4 Å². The molecular formula is C25H49NO4. The molecule has 0 aliphatic carbocycles. The summed E-state index contributed by atoms with van der Waals surface area (Å²) in [5, 5.41) is 0. The number of esters is 2. The Morgan fingerprint density at radius 1 is 0.667 bits per heavy atom. The molecule has 0 rings (SSSR count). The summed E-state index contributed by atoms with van der Waals surface area (Å²) in [4.78, 5) is 26.6. The van der Waals surface area contributed by atoms with Crippen molar-refractivity contribution < 1.29 is 19.1 Å². The molecule has 4 unspecified atom stereocenters.